The lowest BCUT2D eigenvalue weighted by Crippen LogP contribution is -2.29. The standard InChI is InChI=1S/C18H14Cl2N2OS/c1-24-18-21-16(9-13-7-8-14(19)10-15(13)20)17(23)22(18)11-12-5-3-2-4-6-12/h2-10H,11H2,1H3/b16-9+. The van der Waals surface area contributed by atoms with Crippen LogP contribution in [0.15, 0.2) is 59.2 Å². The summed E-state index contributed by atoms with van der Waals surface area (Å²) in [5.41, 5.74) is 2.15. The number of amidine groups is 1. The quantitative estimate of drug-likeness (QED) is 0.698. The van der Waals surface area contributed by atoms with Gasteiger partial charge < -0.3 is 0 Å². The molecule has 122 valence electrons. The van der Waals surface area contributed by atoms with Crippen LogP contribution in [-0.4, -0.2) is 22.2 Å². The molecule has 3 rings (SSSR count). The van der Waals surface area contributed by atoms with Crippen LogP contribution in [0.2, 0.25) is 10.0 Å². The Morgan fingerprint density at radius 1 is 1.17 bits per heavy atom. The Hall–Kier alpha value is -1.75. The predicted molar refractivity (Wildman–Crippen MR) is 102 cm³/mol. The summed E-state index contributed by atoms with van der Waals surface area (Å²) < 4.78 is 0. The van der Waals surface area contributed by atoms with Crippen LogP contribution < -0.4 is 0 Å². The molecule has 0 spiro atoms. The fourth-order valence-electron chi connectivity index (χ4n) is 2.36. The van der Waals surface area contributed by atoms with E-state index in [0.29, 0.717) is 27.5 Å². The molecule has 1 aliphatic rings. The van der Waals surface area contributed by atoms with Crippen molar-refractivity contribution in [2.45, 2.75) is 6.54 Å². The van der Waals surface area contributed by atoms with Crippen molar-refractivity contribution >= 4 is 52.1 Å². The molecule has 3 nitrogen and oxygen atoms in total. The van der Waals surface area contributed by atoms with Gasteiger partial charge in [-0.05, 0) is 35.6 Å². The number of benzene rings is 2. The van der Waals surface area contributed by atoms with Gasteiger partial charge in [0.15, 0.2) is 5.17 Å². The van der Waals surface area contributed by atoms with Crippen molar-refractivity contribution in [1.82, 2.24) is 4.90 Å². The molecule has 1 aliphatic heterocycles. The van der Waals surface area contributed by atoms with Crippen LogP contribution in [0.3, 0.4) is 0 Å². The fourth-order valence-corrected chi connectivity index (χ4v) is 3.38. The van der Waals surface area contributed by atoms with Crippen LogP contribution in [0.1, 0.15) is 11.1 Å². The van der Waals surface area contributed by atoms with Crippen LogP contribution in [0, 0.1) is 0 Å². The third-order valence-corrected chi connectivity index (χ3v) is 4.77. The predicted octanol–water partition coefficient (Wildman–Crippen LogP) is 5.10. The van der Waals surface area contributed by atoms with E-state index < -0.39 is 0 Å². The molecule has 6 heteroatoms. The number of hydrogen-bond donors (Lipinski definition) is 0. The van der Waals surface area contributed by atoms with Crippen molar-refractivity contribution in [2.24, 2.45) is 4.99 Å². The van der Waals surface area contributed by atoms with Crippen molar-refractivity contribution in [1.29, 1.82) is 0 Å². The molecule has 0 unspecified atom stereocenters. The number of rotatable bonds is 3. The number of halogens is 2. The van der Waals surface area contributed by atoms with Crippen LogP contribution in [0.5, 0.6) is 0 Å². The van der Waals surface area contributed by atoms with Crippen LogP contribution in [-0.2, 0) is 11.3 Å². The highest BCUT2D eigenvalue weighted by molar-refractivity contribution is 8.13. The average Bonchev–Trinajstić information content (AvgIpc) is 2.87. The third kappa shape index (κ3) is 3.66. The van der Waals surface area contributed by atoms with Crippen molar-refractivity contribution in [3.05, 3.63) is 75.4 Å². The van der Waals surface area contributed by atoms with Crippen molar-refractivity contribution in [3.63, 3.8) is 0 Å². The number of carbonyl (C=O) groups excluding carboxylic acids is 1. The maximum Gasteiger partial charge on any atom is 0.278 e. The molecule has 2 aromatic rings. The van der Waals surface area contributed by atoms with Gasteiger partial charge in [-0.25, -0.2) is 4.99 Å². The van der Waals surface area contributed by atoms with E-state index in [1.165, 1.54) is 11.8 Å². The maximum atomic E-state index is 12.7. The number of hydrogen-bond acceptors (Lipinski definition) is 3. The minimum Gasteiger partial charge on any atom is -0.281 e. The number of aliphatic imine (C=N–C) groups is 1. The second-order valence-corrected chi connectivity index (χ2v) is 6.79. The topological polar surface area (TPSA) is 32.7 Å². The minimum atomic E-state index is -0.130. The van der Waals surface area contributed by atoms with Gasteiger partial charge in [0.05, 0.1) is 6.54 Å². The minimum absolute atomic E-state index is 0.130. The van der Waals surface area contributed by atoms with Crippen LogP contribution in [0.25, 0.3) is 6.08 Å². The molecule has 24 heavy (non-hydrogen) atoms. The Labute approximate surface area is 155 Å². The van der Waals surface area contributed by atoms with Crippen LogP contribution >= 0.6 is 35.0 Å². The molecule has 0 aliphatic carbocycles. The first-order valence-electron chi connectivity index (χ1n) is 7.23. The maximum absolute atomic E-state index is 12.7. The van der Waals surface area contributed by atoms with E-state index in [4.69, 9.17) is 23.2 Å². The van der Waals surface area contributed by atoms with E-state index in [2.05, 4.69) is 4.99 Å². The monoisotopic (exact) mass is 376 g/mol. The zero-order valence-electron chi connectivity index (χ0n) is 12.9. The van der Waals surface area contributed by atoms with Gasteiger partial charge in [0, 0.05) is 10.0 Å². The molecule has 0 bridgehead atoms. The highest BCUT2D eigenvalue weighted by atomic mass is 35.5. The lowest BCUT2D eigenvalue weighted by atomic mass is 10.2. The Morgan fingerprint density at radius 2 is 1.92 bits per heavy atom. The number of nitrogens with zero attached hydrogens (tertiary/aromatic N) is 2. The lowest BCUT2D eigenvalue weighted by Gasteiger charge is -2.16. The largest absolute Gasteiger partial charge is 0.281 e. The van der Waals surface area contributed by atoms with Gasteiger partial charge in [0.1, 0.15) is 5.70 Å². The van der Waals surface area contributed by atoms with E-state index >= 15 is 0 Å². The van der Waals surface area contributed by atoms with E-state index in [-0.39, 0.29) is 5.91 Å². The molecule has 2 aromatic carbocycles. The summed E-state index contributed by atoms with van der Waals surface area (Å²) in [5, 5.41) is 1.73. The Bertz CT molecular complexity index is 834. The zero-order chi connectivity index (χ0) is 17.1. The second-order valence-electron chi connectivity index (χ2n) is 5.17. The van der Waals surface area contributed by atoms with Gasteiger partial charge in [-0.15, -0.1) is 0 Å². The summed E-state index contributed by atoms with van der Waals surface area (Å²) in [6.45, 7) is 0.491. The molecule has 1 amide bonds. The van der Waals surface area contributed by atoms with E-state index in [0.717, 1.165) is 11.1 Å². The van der Waals surface area contributed by atoms with Crippen LogP contribution in [0.4, 0.5) is 0 Å². The third-order valence-electron chi connectivity index (χ3n) is 3.53. The van der Waals surface area contributed by atoms with Gasteiger partial charge in [-0.1, -0.05) is 71.4 Å². The van der Waals surface area contributed by atoms with Gasteiger partial charge in [-0.3, -0.25) is 9.69 Å². The first-order valence-corrected chi connectivity index (χ1v) is 9.22. The van der Waals surface area contributed by atoms with E-state index in [1.807, 2.05) is 36.6 Å². The number of amides is 1. The Morgan fingerprint density at radius 3 is 2.58 bits per heavy atom. The zero-order valence-corrected chi connectivity index (χ0v) is 15.2. The summed E-state index contributed by atoms with van der Waals surface area (Å²) >= 11 is 13.5. The molecular weight excluding hydrogens is 363 g/mol. The van der Waals surface area contributed by atoms with Gasteiger partial charge >= 0.3 is 0 Å². The average molecular weight is 377 g/mol. The second kappa shape index (κ2) is 7.43. The Kier molecular flexibility index (Phi) is 5.29. The Balaban J connectivity index is 1.90. The number of thioether (sulfide) groups is 1. The smallest absolute Gasteiger partial charge is 0.278 e. The highest BCUT2D eigenvalue weighted by Gasteiger charge is 2.29. The highest BCUT2D eigenvalue weighted by Crippen LogP contribution is 2.28. The SMILES string of the molecule is CSC1=N/C(=C/c2ccc(Cl)cc2Cl)C(=O)N1Cc1ccccc1. The van der Waals surface area contributed by atoms with Gasteiger partial charge in [0.25, 0.3) is 5.91 Å². The summed E-state index contributed by atoms with van der Waals surface area (Å²) in [7, 11) is 0. The molecule has 1 heterocycles. The molecule has 0 saturated carbocycles. The summed E-state index contributed by atoms with van der Waals surface area (Å²) in [5.74, 6) is -0.130. The molecular formula is C18H14Cl2N2OS. The van der Waals surface area contributed by atoms with Gasteiger partial charge in [-0.2, -0.15) is 0 Å². The summed E-state index contributed by atoms with van der Waals surface area (Å²) in [4.78, 5) is 18.8. The van der Waals surface area contributed by atoms with Gasteiger partial charge in [0.2, 0.25) is 0 Å². The number of carbonyl (C=O) groups is 1. The van der Waals surface area contributed by atoms with E-state index in [1.54, 1.807) is 29.2 Å². The first-order chi connectivity index (χ1) is 11.6. The molecule has 0 atom stereocenters. The van der Waals surface area contributed by atoms with E-state index in [9.17, 15) is 4.79 Å². The molecule has 0 aromatic heterocycles. The van der Waals surface area contributed by atoms with Crippen molar-refractivity contribution < 1.29 is 4.79 Å². The molecule has 0 fully saturated rings. The van der Waals surface area contributed by atoms with Crippen molar-refractivity contribution in [2.75, 3.05) is 6.26 Å². The fraction of sp³-hybridized carbons (Fsp3) is 0.111. The summed E-state index contributed by atoms with van der Waals surface area (Å²) in [6, 6.07) is 15.0. The normalized spacial score (nSPS) is 16.0. The molecule has 0 radical (unpaired) electrons. The first kappa shape index (κ1) is 17.1. The lowest BCUT2D eigenvalue weighted by molar-refractivity contribution is -0.122. The summed E-state index contributed by atoms with van der Waals surface area (Å²) in [6.07, 6.45) is 3.60. The molecule has 0 N–H and O–H groups in total. The van der Waals surface area contributed by atoms with Crippen molar-refractivity contribution in [3.8, 4) is 0 Å². The molecule has 0 saturated heterocycles.